The molecule has 0 radical (unpaired) electrons. The van der Waals surface area contributed by atoms with Gasteiger partial charge in [0.25, 0.3) is 5.69 Å². The number of non-ortho nitro benzene ring substituents is 1. The highest BCUT2D eigenvalue weighted by Crippen LogP contribution is 2.77. The maximum Gasteiger partial charge on any atom is 0.269 e. The van der Waals surface area contributed by atoms with Crippen LogP contribution in [0.2, 0.25) is 0 Å². The van der Waals surface area contributed by atoms with Crippen molar-refractivity contribution in [3.05, 3.63) is 44.4 Å². The van der Waals surface area contributed by atoms with Gasteiger partial charge in [-0.2, -0.15) is 0 Å². The standard InChI is InChI=1S/C15H6Cl6N2O4/c16-9-10(17)14(19)8-7(13(9,18)15(14,20)21)11(24)22(12(8)25)5-1-3-6(4-2-5)23(26)27/h1-4,7-8H/t7-,8-,13-,14-/m1/s1. The van der Waals surface area contributed by atoms with Gasteiger partial charge in [-0.1, -0.05) is 46.4 Å². The Bertz CT molecular complexity index is 918. The van der Waals surface area contributed by atoms with Crippen molar-refractivity contribution in [2.75, 3.05) is 4.90 Å². The number of carbonyl (C=O) groups excluding carboxylic acids is 2. The van der Waals surface area contributed by atoms with Crippen LogP contribution in [-0.4, -0.2) is 30.8 Å². The summed E-state index contributed by atoms with van der Waals surface area (Å²) >= 11 is 38.4. The van der Waals surface area contributed by atoms with Crippen molar-refractivity contribution in [3.63, 3.8) is 0 Å². The van der Waals surface area contributed by atoms with Gasteiger partial charge in [0, 0.05) is 12.1 Å². The second kappa shape index (κ2) is 5.65. The van der Waals surface area contributed by atoms with Gasteiger partial charge in [0.1, 0.15) is 9.75 Å². The topological polar surface area (TPSA) is 80.5 Å². The van der Waals surface area contributed by atoms with Gasteiger partial charge in [-0.3, -0.25) is 19.7 Å². The third-order valence-corrected chi connectivity index (χ3v) is 9.49. The van der Waals surface area contributed by atoms with Crippen LogP contribution in [0.4, 0.5) is 11.4 Å². The molecule has 1 heterocycles. The van der Waals surface area contributed by atoms with E-state index in [9.17, 15) is 19.7 Å². The van der Waals surface area contributed by atoms with Gasteiger partial charge in [0.2, 0.25) is 11.8 Å². The Morgan fingerprint density at radius 3 is 1.67 bits per heavy atom. The lowest BCUT2D eigenvalue weighted by molar-refractivity contribution is -0.384. The molecular formula is C15H6Cl6N2O4. The normalized spacial score (nSPS) is 36.6. The minimum absolute atomic E-state index is 0.118. The summed E-state index contributed by atoms with van der Waals surface area (Å²) in [5.41, 5.74) is -0.0825. The van der Waals surface area contributed by atoms with Gasteiger partial charge in [-0.15, -0.1) is 23.2 Å². The maximum absolute atomic E-state index is 13.1. The highest BCUT2D eigenvalue weighted by molar-refractivity contribution is 6.67. The number of hydrogen-bond donors (Lipinski definition) is 0. The molecule has 1 aromatic rings. The molecule has 3 aliphatic rings. The zero-order valence-electron chi connectivity index (χ0n) is 12.8. The van der Waals surface area contributed by atoms with E-state index in [1.54, 1.807) is 0 Å². The van der Waals surface area contributed by atoms with Crippen LogP contribution in [0.3, 0.4) is 0 Å². The van der Waals surface area contributed by atoms with Crippen LogP contribution in [0.15, 0.2) is 34.3 Å². The number of nitro groups is 1. The van der Waals surface area contributed by atoms with Crippen molar-refractivity contribution in [3.8, 4) is 0 Å². The molecule has 1 saturated carbocycles. The third-order valence-electron chi connectivity index (χ3n) is 5.23. The number of benzene rings is 1. The fraction of sp³-hybridized carbons (Fsp3) is 0.333. The number of amides is 2. The molecule has 0 N–H and O–H groups in total. The summed E-state index contributed by atoms with van der Waals surface area (Å²) in [6.45, 7) is 0. The number of allylic oxidation sites excluding steroid dienone is 2. The number of nitro benzene ring substituents is 1. The quantitative estimate of drug-likeness (QED) is 0.264. The average molecular weight is 491 g/mol. The van der Waals surface area contributed by atoms with E-state index < -0.39 is 42.7 Å². The smallest absolute Gasteiger partial charge is 0.269 e. The Morgan fingerprint density at radius 2 is 1.30 bits per heavy atom. The monoisotopic (exact) mass is 488 g/mol. The van der Waals surface area contributed by atoms with Crippen LogP contribution in [-0.2, 0) is 9.59 Å². The molecule has 1 saturated heterocycles. The van der Waals surface area contributed by atoms with E-state index in [-0.39, 0.29) is 21.4 Å². The number of rotatable bonds is 2. The van der Waals surface area contributed by atoms with E-state index in [4.69, 9.17) is 69.6 Å². The molecule has 142 valence electrons. The summed E-state index contributed by atoms with van der Waals surface area (Å²) in [6.07, 6.45) is 0. The number of imide groups is 1. The van der Waals surface area contributed by atoms with Gasteiger partial charge in [-0.25, -0.2) is 4.90 Å². The summed E-state index contributed by atoms with van der Waals surface area (Å²) in [7, 11) is 0. The maximum atomic E-state index is 13.1. The van der Waals surface area contributed by atoms with Crippen LogP contribution in [0.25, 0.3) is 0 Å². The molecule has 6 nitrogen and oxygen atoms in total. The minimum Gasteiger partial charge on any atom is -0.274 e. The molecule has 1 aromatic carbocycles. The summed E-state index contributed by atoms with van der Waals surface area (Å²) in [6, 6.07) is 4.86. The fourth-order valence-electron chi connectivity index (χ4n) is 3.97. The van der Waals surface area contributed by atoms with Gasteiger partial charge in [0.05, 0.1) is 32.5 Å². The zero-order chi connectivity index (χ0) is 20.1. The molecular weight excluding hydrogens is 485 g/mol. The molecule has 0 spiro atoms. The number of anilines is 1. The molecule has 1 aliphatic heterocycles. The molecule has 12 heteroatoms. The van der Waals surface area contributed by atoms with E-state index in [1.165, 1.54) is 12.1 Å². The molecule has 4 rings (SSSR count). The molecule has 2 aliphatic carbocycles. The Kier molecular flexibility index (Phi) is 4.09. The zero-order valence-corrected chi connectivity index (χ0v) is 17.3. The average Bonchev–Trinajstić information content (AvgIpc) is 2.99. The number of fused-ring (bicyclic) bond motifs is 5. The van der Waals surface area contributed by atoms with E-state index in [0.717, 1.165) is 17.0 Å². The Balaban J connectivity index is 1.84. The Labute approximate surface area is 182 Å². The molecule has 2 fully saturated rings. The Morgan fingerprint density at radius 1 is 0.889 bits per heavy atom. The summed E-state index contributed by atoms with van der Waals surface area (Å²) < 4.78 is -2.00. The van der Waals surface area contributed by atoms with E-state index in [2.05, 4.69) is 0 Å². The summed E-state index contributed by atoms with van der Waals surface area (Å²) in [5, 5.41) is 10.4. The van der Waals surface area contributed by atoms with Gasteiger partial charge in [0.15, 0.2) is 4.33 Å². The second-order valence-corrected chi connectivity index (χ2v) is 9.64. The number of alkyl halides is 4. The van der Waals surface area contributed by atoms with Crippen molar-refractivity contribution in [1.82, 2.24) is 0 Å². The van der Waals surface area contributed by atoms with Crippen LogP contribution < -0.4 is 4.90 Å². The van der Waals surface area contributed by atoms with Crippen LogP contribution in [0.5, 0.6) is 0 Å². The number of carbonyl (C=O) groups is 2. The van der Waals surface area contributed by atoms with E-state index >= 15 is 0 Å². The van der Waals surface area contributed by atoms with Crippen molar-refractivity contribution < 1.29 is 14.5 Å². The molecule has 2 bridgehead atoms. The first-order valence-electron chi connectivity index (χ1n) is 7.36. The largest absolute Gasteiger partial charge is 0.274 e. The fourth-order valence-corrected chi connectivity index (χ4v) is 6.90. The number of hydrogen-bond acceptors (Lipinski definition) is 4. The Hall–Kier alpha value is -0.760. The predicted octanol–water partition coefficient (Wildman–Crippen LogP) is 4.55. The molecule has 2 amide bonds. The van der Waals surface area contributed by atoms with Gasteiger partial charge >= 0.3 is 0 Å². The minimum atomic E-state index is -2.00. The summed E-state index contributed by atoms with van der Waals surface area (Å²) in [4.78, 5) is 33.4. The lowest BCUT2D eigenvalue weighted by Gasteiger charge is -2.34. The van der Waals surface area contributed by atoms with Crippen LogP contribution >= 0.6 is 69.6 Å². The SMILES string of the molecule is O=C1[C@H]2[C@H](C(=O)N1c1ccc([N+](=O)[O-])cc1)[C@@]1(Cl)C(Cl)=C(Cl)[C@@]2(Cl)C1(Cl)Cl. The van der Waals surface area contributed by atoms with E-state index in [0.29, 0.717) is 0 Å². The highest BCUT2D eigenvalue weighted by atomic mass is 35.5. The first-order valence-corrected chi connectivity index (χ1v) is 9.63. The van der Waals surface area contributed by atoms with E-state index in [1.807, 2.05) is 0 Å². The van der Waals surface area contributed by atoms with Crippen LogP contribution in [0.1, 0.15) is 0 Å². The highest BCUT2D eigenvalue weighted by Gasteiger charge is 2.87. The lowest BCUT2D eigenvalue weighted by atomic mass is 9.84. The second-order valence-electron chi connectivity index (χ2n) is 6.37. The molecule has 0 unspecified atom stereocenters. The van der Waals surface area contributed by atoms with Gasteiger partial charge < -0.3 is 0 Å². The first kappa shape index (κ1) is 19.6. The van der Waals surface area contributed by atoms with Crippen molar-refractivity contribution >= 4 is 92.8 Å². The van der Waals surface area contributed by atoms with Crippen molar-refractivity contribution in [1.29, 1.82) is 0 Å². The summed E-state index contributed by atoms with van der Waals surface area (Å²) in [5.74, 6) is -3.93. The lowest BCUT2D eigenvalue weighted by Crippen LogP contribution is -2.50. The first-order chi connectivity index (χ1) is 12.4. The third kappa shape index (κ3) is 1.97. The molecule has 4 atom stereocenters. The predicted molar refractivity (Wildman–Crippen MR) is 103 cm³/mol. The molecule has 27 heavy (non-hydrogen) atoms. The van der Waals surface area contributed by atoms with Crippen molar-refractivity contribution in [2.45, 2.75) is 14.1 Å². The van der Waals surface area contributed by atoms with Crippen LogP contribution in [0, 0.1) is 22.0 Å². The molecule has 0 aromatic heterocycles. The number of halogens is 6. The number of nitrogens with zero attached hydrogens (tertiary/aromatic N) is 2. The van der Waals surface area contributed by atoms with Crippen molar-refractivity contribution in [2.24, 2.45) is 11.8 Å². The van der Waals surface area contributed by atoms with Gasteiger partial charge in [-0.05, 0) is 12.1 Å².